The number of benzene rings is 2. The van der Waals surface area contributed by atoms with Crippen molar-refractivity contribution in [3.8, 4) is 17.4 Å². The molecule has 0 aliphatic rings. The van der Waals surface area contributed by atoms with E-state index in [4.69, 9.17) is 15.2 Å². The van der Waals surface area contributed by atoms with Gasteiger partial charge in [-0.1, -0.05) is 30.3 Å². The molecule has 1 heterocycles. The normalized spacial score (nSPS) is 10.1. The van der Waals surface area contributed by atoms with Crippen molar-refractivity contribution < 1.29 is 14.3 Å². The van der Waals surface area contributed by atoms with Crippen LogP contribution in [-0.4, -0.2) is 11.0 Å². The molecule has 2 amide bonds. The van der Waals surface area contributed by atoms with E-state index in [1.165, 1.54) is 6.20 Å². The van der Waals surface area contributed by atoms with Crippen LogP contribution in [0.4, 0.5) is 10.5 Å². The second-order valence-corrected chi connectivity index (χ2v) is 5.22. The quantitative estimate of drug-likeness (QED) is 0.714. The third-order valence-electron chi connectivity index (χ3n) is 3.30. The molecule has 0 aliphatic heterocycles. The first kappa shape index (κ1) is 16.3. The number of nitrogens with zero attached hydrogens (tertiary/aromatic N) is 1. The van der Waals surface area contributed by atoms with Gasteiger partial charge in [-0.25, -0.2) is 9.78 Å². The van der Waals surface area contributed by atoms with E-state index in [1.54, 1.807) is 24.3 Å². The highest BCUT2D eigenvalue weighted by Gasteiger charge is 2.02. The number of nitrogens with two attached hydrogens (primary N) is 1. The maximum Gasteiger partial charge on any atom is 0.316 e. The first-order chi connectivity index (χ1) is 12.2. The molecule has 25 heavy (non-hydrogen) atoms. The third kappa shape index (κ3) is 4.97. The number of nitrogens with one attached hydrogen (secondary N) is 1. The van der Waals surface area contributed by atoms with Crippen LogP contribution in [0.15, 0.2) is 72.9 Å². The molecule has 3 N–H and O–H groups in total. The monoisotopic (exact) mass is 335 g/mol. The first-order valence-corrected chi connectivity index (χ1v) is 7.66. The smallest absolute Gasteiger partial charge is 0.316 e. The van der Waals surface area contributed by atoms with Gasteiger partial charge in [0, 0.05) is 6.07 Å². The van der Waals surface area contributed by atoms with Crippen molar-refractivity contribution in [3.63, 3.8) is 0 Å². The Morgan fingerprint density at radius 2 is 1.68 bits per heavy atom. The first-order valence-electron chi connectivity index (χ1n) is 7.66. The Hall–Kier alpha value is -3.54. The van der Waals surface area contributed by atoms with E-state index >= 15 is 0 Å². The molecule has 0 aliphatic carbocycles. The van der Waals surface area contributed by atoms with Crippen molar-refractivity contribution in [1.82, 2.24) is 4.98 Å². The Labute approximate surface area is 145 Å². The van der Waals surface area contributed by atoms with Gasteiger partial charge in [-0.2, -0.15) is 0 Å². The number of carbonyl (C=O) groups is 1. The van der Waals surface area contributed by atoms with Gasteiger partial charge in [-0.3, -0.25) is 0 Å². The highest BCUT2D eigenvalue weighted by molar-refractivity contribution is 5.87. The van der Waals surface area contributed by atoms with E-state index in [1.807, 2.05) is 42.5 Å². The summed E-state index contributed by atoms with van der Waals surface area (Å²) in [5.41, 5.74) is 6.65. The second kappa shape index (κ2) is 7.83. The maximum absolute atomic E-state index is 10.8. The zero-order valence-electron chi connectivity index (χ0n) is 13.4. The molecular weight excluding hydrogens is 318 g/mol. The van der Waals surface area contributed by atoms with Crippen LogP contribution < -0.4 is 20.5 Å². The largest absolute Gasteiger partial charge is 0.489 e. The van der Waals surface area contributed by atoms with E-state index < -0.39 is 6.03 Å². The molecule has 6 heteroatoms. The Balaban J connectivity index is 1.56. The molecule has 0 fully saturated rings. The SMILES string of the molecule is NC(=O)Nc1ccc(Oc2ccc(OCc3ccccc3)cc2)nc1. The van der Waals surface area contributed by atoms with Gasteiger partial charge in [-0.15, -0.1) is 0 Å². The number of pyridine rings is 1. The van der Waals surface area contributed by atoms with Crippen LogP contribution in [0.5, 0.6) is 17.4 Å². The Morgan fingerprint density at radius 3 is 2.32 bits per heavy atom. The minimum Gasteiger partial charge on any atom is -0.489 e. The van der Waals surface area contributed by atoms with Gasteiger partial charge in [0.2, 0.25) is 5.88 Å². The number of anilines is 1. The van der Waals surface area contributed by atoms with Crippen LogP contribution in [0.3, 0.4) is 0 Å². The summed E-state index contributed by atoms with van der Waals surface area (Å²) in [4.78, 5) is 14.9. The number of amides is 2. The van der Waals surface area contributed by atoms with Crippen molar-refractivity contribution in [3.05, 3.63) is 78.5 Å². The van der Waals surface area contributed by atoms with Crippen molar-refractivity contribution in [2.24, 2.45) is 5.73 Å². The second-order valence-electron chi connectivity index (χ2n) is 5.22. The van der Waals surface area contributed by atoms with Crippen LogP contribution in [0, 0.1) is 0 Å². The Morgan fingerprint density at radius 1 is 0.960 bits per heavy atom. The van der Waals surface area contributed by atoms with E-state index in [0.29, 0.717) is 23.9 Å². The minimum atomic E-state index is -0.637. The lowest BCUT2D eigenvalue weighted by Gasteiger charge is -2.08. The summed E-state index contributed by atoms with van der Waals surface area (Å²) in [5.74, 6) is 1.80. The molecular formula is C19H17N3O3. The maximum atomic E-state index is 10.8. The zero-order valence-corrected chi connectivity index (χ0v) is 13.4. The summed E-state index contributed by atoms with van der Waals surface area (Å²) in [6.07, 6.45) is 1.47. The van der Waals surface area contributed by atoms with Gasteiger partial charge in [-0.05, 0) is 35.9 Å². The van der Waals surface area contributed by atoms with Gasteiger partial charge in [0.25, 0.3) is 0 Å². The average molecular weight is 335 g/mol. The zero-order chi connectivity index (χ0) is 17.5. The van der Waals surface area contributed by atoms with Gasteiger partial charge < -0.3 is 20.5 Å². The number of urea groups is 1. The topological polar surface area (TPSA) is 86.5 Å². The molecule has 0 unspecified atom stereocenters. The van der Waals surface area contributed by atoms with Gasteiger partial charge in [0.05, 0.1) is 11.9 Å². The molecule has 3 rings (SSSR count). The molecule has 0 bridgehead atoms. The van der Waals surface area contributed by atoms with E-state index in [0.717, 1.165) is 11.3 Å². The van der Waals surface area contributed by atoms with Gasteiger partial charge in [0.15, 0.2) is 0 Å². The summed E-state index contributed by atoms with van der Waals surface area (Å²) in [6.45, 7) is 0.511. The van der Waals surface area contributed by atoms with Crippen molar-refractivity contribution in [1.29, 1.82) is 0 Å². The molecule has 0 saturated heterocycles. The summed E-state index contributed by atoms with van der Waals surface area (Å²) in [7, 11) is 0. The fourth-order valence-corrected chi connectivity index (χ4v) is 2.12. The number of aromatic nitrogens is 1. The molecule has 0 atom stereocenters. The van der Waals surface area contributed by atoms with Crippen LogP contribution in [0.2, 0.25) is 0 Å². The average Bonchev–Trinajstić information content (AvgIpc) is 2.63. The summed E-state index contributed by atoms with van der Waals surface area (Å²) in [5, 5.41) is 2.44. The molecule has 6 nitrogen and oxygen atoms in total. The number of primary amides is 1. The number of carbonyl (C=O) groups excluding carboxylic acids is 1. The lowest BCUT2D eigenvalue weighted by molar-refractivity contribution is 0.259. The van der Waals surface area contributed by atoms with Crippen molar-refractivity contribution >= 4 is 11.7 Å². The van der Waals surface area contributed by atoms with E-state index in [2.05, 4.69) is 10.3 Å². The molecule has 0 saturated carbocycles. The summed E-state index contributed by atoms with van der Waals surface area (Å²) < 4.78 is 11.4. The highest BCUT2D eigenvalue weighted by atomic mass is 16.5. The summed E-state index contributed by atoms with van der Waals surface area (Å²) >= 11 is 0. The molecule has 2 aromatic carbocycles. The number of rotatable bonds is 6. The Kier molecular flexibility index (Phi) is 5.11. The van der Waals surface area contributed by atoms with Crippen LogP contribution in [-0.2, 0) is 6.61 Å². The van der Waals surface area contributed by atoms with Crippen LogP contribution >= 0.6 is 0 Å². The predicted molar refractivity (Wildman–Crippen MR) is 94.7 cm³/mol. The molecule has 1 aromatic heterocycles. The summed E-state index contributed by atoms with van der Waals surface area (Å²) in [6, 6.07) is 19.9. The van der Waals surface area contributed by atoms with Crippen molar-refractivity contribution in [2.45, 2.75) is 6.61 Å². The number of ether oxygens (including phenoxy) is 2. The fraction of sp³-hybridized carbons (Fsp3) is 0.0526. The third-order valence-corrected chi connectivity index (χ3v) is 3.30. The predicted octanol–water partition coefficient (Wildman–Crippen LogP) is 3.94. The van der Waals surface area contributed by atoms with Crippen LogP contribution in [0.25, 0.3) is 0 Å². The van der Waals surface area contributed by atoms with E-state index in [-0.39, 0.29) is 0 Å². The molecule has 126 valence electrons. The van der Waals surface area contributed by atoms with Crippen molar-refractivity contribution in [2.75, 3.05) is 5.32 Å². The molecule has 0 radical (unpaired) electrons. The Bertz CT molecular complexity index is 819. The highest BCUT2D eigenvalue weighted by Crippen LogP contribution is 2.23. The molecule has 0 spiro atoms. The standard InChI is InChI=1S/C19H17N3O3/c20-19(23)22-15-6-11-18(21-12-15)25-17-9-7-16(8-10-17)24-13-14-4-2-1-3-5-14/h1-12H,13H2,(H3,20,22,23). The van der Waals surface area contributed by atoms with Gasteiger partial charge >= 0.3 is 6.03 Å². The van der Waals surface area contributed by atoms with Gasteiger partial charge in [0.1, 0.15) is 18.1 Å². The lowest BCUT2D eigenvalue weighted by atomic mass is 10.2. The van der Waals surface area contributed by atoms with Crippen LogP contribution in [0.1, 0.15) is 5.56 Å². The minimum absolute atomic E-state index is 0.410. The van der Waals surface area contributed by atoms with E-state index in [9.17, 15) is 4.79 Å². The number of hydrogen-bond acceptors (Lipinski definition) is 4. The molecule has 3 aromatic rings. The lowest BCUT2D eigenvalue weighted by Crippen LogP contribution is -2.19. The fourth-order valence-electron chi connectivity index (χ4n) is 2.12. The number of hydrogen-bond donors (Lipinski definition) is 2.